The van der Waals surface area contributed by atoms with Crippen LogP contribution < -0.4 is 5.69 Å². The summed E-state index contributed by atoms with van der Waals surface area (Å²) in [5.41, 5.74) is 1.89. The first kappa shape index (κ1) is 17.8. The number of rotatable bonds is 3. The first-order valence-corrected chi connectivity index (χ1v) is 8.66. The van der Waals surface area contributed by atoms with E-state index < -0.39 is 5.69 Å². The third-order valence-corrected chi connectivity index (χ3v) is 4.47. The molecule has 3 rings (SSSR count). The monoisotopic (exact) mass is 377 g/mol. The van der Waals surface area contributed by atoms with Crippen LogP contribution in [-0.4, -0.2) is 24.5 Å². The fourth-order valence-electron chi connectivity index (χ4n) is 2.75. The minimum atomic E-state index is -0.536. The predicted molar refractivity (Wildman–Crippen MR) is 98.9 cm³/mol. The van der Waals surface area contributed by atoms with E-state index in [1.54, 1.807) is 6.07 Å². The Balaban J connectivity index is 2.55. The largest absolute Gasteiger partial charge is 0.355 e. The van der Waals surface area contributed by atoms with Gasteiger partial charge in [-0.2, -0.15) is 4.98 Å². The van der Waals surface area contributed by atoms with Crippen molar-refractivity contribution in [3.05, 3.63) is 50.6 Å². The number of hydrogen-bond acceptors (Lipinski definition) is 5. The van der Waals surface area contributed by atoms with Gasteiger partial charge in [-0.3, -0.25) is 0 Å². The lowest BCUT2D eigenvalue weighted by atomic mass is 10.0. The molecule has 0 bridgehead atoms. The van der Waals surface area contributed by atoms with Crippen molar-refractivity contribution in [2.45, 2.75) is 39.5 Å². The van der Waals surface area contributed by atoms with Crippen molar-refractivity contribution in [1.29, 1.82) is 0 Å². The minimum absolute atomic E-state index is 0.0309. The Morgan fingerprint density at radius 3 is 2.16 bits per heavy atom. The summed E-state index contributed by atoms with van der Waals surface area (Å²) in [6.45, 7) is 8.03. The molecule has 0 fully saturated rings. The molecule has 8 heteroatoms. The Hall–Kier alpha value is -2.05. The van der Waals surface area contributed by atoms with Gasteiger partial charge in [-0.15, -0.1) is 0 Å². The molecule has 0 aliphatic rings. The van der Waals surface area contributed by atoms with Crippen LogP contribution in [-0.2, 0) is 0 Å². The van der Waals surface area contributed by atoms with Crippen molar-refractivity contribution in [1.82, 2.24) is 24.5 Å². The first-order chi connectivity index (χ1) is 11.8. The number of aromatic nitrogens is 5. The molecule has 0 amide bonds. The topological polar surface area (TPSA) is 73.6 Å². The highest BCUT2D eigenvalue weighted by Crippen LogP contribution is 2.31. The molecule has 0 spiro atoms. The lowest BCUT2D eigenvalue weighted by molar-refractivity contribution is 0.735. The van der Waals surface area contributed by atoms with E-state index in [0.717, 1.165) is 11.4 Å². The summed E-state index contributed by atoms with van der Waals surface area (Å²) in [5.74, 6) is 0.152. The average molecular weight is 378 g/mol. The van der Waals surface area contributed by atoms with Crippen LogP contribution in [0.3, 0.4) is 0 Å². The third kappa shape index (κ3) is 3.00. The molecular formula is C17H17Cl2N5O. The van der Waals surface area contributed by atoms with Gasteiger partial charge in [0.05, 0.1) is 27.5 Å². The molecule has 3 heterocycles. The third-order valence-electron chi connectivity index (χ3n) is 3.88. The van der Waals surface area contributed by atoms with Gasteiger partial charge in [-0.25, -0.2) is 24.3 Å². The molecule has 130 valence electrons. The number of nitrogens with zero attached hydrogens (tertiary/aromatic N) is 5. The predicted octanol–water partition coefficient (Wildman–Crippen LogP) is 4.12. The second-order valence-corrected chi connectivity index (χ2v) is 7.08. The quantitative estimate of drug-likeness (QED) is 0.641. The molecule has 0 aromatic carbocycles. The zero-order valence-electron chi connectivity index (χ0n) is 14.3. The van der Waals surface area contributed by atoms with Gasteiger partial charge in [0.1, 0.15) is 11.5 Å². The summed E-state index contributed by atoms with van der Waals surface area (Å²) in [6.07, 6.45) is 3.05. The van der Waals surface area contributed by atoms with Crippen LogP contribution in [0.5, 0.6) is 0 Å². The van der Waals surface area contributed by atoms with Crippen LogP contribution in [0.15, 0.2) is 23.4 Å². The molecule has 3 aromatic heterocycles. The summed E-state index contributed by atoms with van der Waals surface area (Å²) in [5, 5.41) is 0.840. The first-order valence-electron chi connectivity index (χ1n) is 7.90. The molecule has 0 saturated carbocycles. The van der Waals surface area contributed by atoms with Crippen LogP contribution in [0.25, 0.3) is 16.7 Å². The van der Waals surface area contributed by atoms with Gasteiger partial charge in [0.2, 0.25) is 0 Å². The smallest absolute Gasteiger partial charge is 0.245 e. The summed E-state index contributed by atoms with van der Waals surface area (Å²) in [7, 11) is 0. The summed E-state index contributed by atoms with van der Waals surface area (Å²) >= 11 is 12.4. The Bertz CT molecular complexity index is 988. The Morgan fingerprint density at radius 2 is 1.60 bits per heavy atom. The summed E-state index contributed by atoms with van der Waals surface area (Å²) in [4.78, 5) is 29.8. The Morgan fingerprint density at radius 1 is 1.00 bits per heavy atom. The highest BCUT2D eigenvalue weighted by atomic mass is 35.5. The second-order valence-electron chi connectivity index (χ2n) is 6.31. The van der Waals surface area contributed by atoms with Gasteiger partial charge in [-0.05, 0) is 17.9 Å². The maximum Gasteiger partial charge on any atom is 0.355 e. The van der Waals surface area contributed by atoms with E-state index in [1.807, 2.05) is 27.7 Å². The van der Waals surface area contributed by atoms with Crippen molar-refractivity contribution in [3.63, 3.8) is 0 Å². The van der Waals surface area contributed by atoms with E-state index in [9.17, 15) is 4.79 Å². The maximum atomic E-state index is 12.7. The molecule has 0 saturated heterocycles. The molecule has 25 heavy (non-hydrogen) atoms. The second kappa shape index (κ2) is 6.69. The molecule has 6 nitrogen and oxygen atoms in total. The van der Waals surface area contributed by atoms with E-state index in [2.05, 4.69) is 19.9 Å². The van der Waals surface area contributed by atoms with Gasteiger partial charge >= 0.3 is 5.69 Å². The minimum Gasteiger partial charge on any atom is -0.245 e. The van der Waals surface area contributed by atoms with Crippen LogP contribution >= 0.6 is 23.2 Å². The highest BCUT2D eigenvalue weighted by Gasteiger charge is 2.23. The van der Waals surface area contributed by atoms with Crippen LogP contribution in [0.4, 0.5) is 0 Å². The Labute approximate surface area is 154 Å². The molecule has 0 atom stereocenters. The van der Waals surface area contributed by atoms with E-state index in [0.29, 0.717) is 21.7 Å². The fraction of sp³-hybridized carbons (Fsp3) is 0.353. The maximum absolute atomic E-state index is 12.7. The van der Waals surface area contributed by atoms with Crippen molar-refractivity contribution in [2.75, 3.05) is 0 Å². The lowest BCUT2D eigenvalue weighted by Crippen LogP contribution is -2.26. The molecule has 0 radical (unpaired) electrons. The lowest BCUT2D eigenvalue weighted by Gasteiger charge is -2.19. The van der Waals surface area contributed by atoms with E-state index in [4.69, 9.17) is 23.2 Å². The van der Waals surface area contributed by atoms with Gasteiger partial charge in [-0.1, -0.05) is 50.9 Å². The normalized spacial score (nSPS) is 11.7. The highest BCUT2D eigenvalue weighted by molar-refractivity contribution is 6.41. The molecule has 0 N–H and O–H groups in total. The van der Waals surface area contributed by atoms with E-state index >= 15 is 0 Å². The molecular weight excluding hydrogens is 361 g/mol. The van der Waals surface area contributed by atoms with Gasteiger partial charge < -0.3 is 0 Å². The molecule has 0 unspecified atom stereocenters. The Kier molecular flexibility index (Phi) is 4.75. The number of fused-ring (bicyclic) bond motifs is 1. The summed E-state index contributed by atoms with van der Waals surface area (Å²) < 4.78 is 1.41. The molecule has 3 aromatic rings. The van der Waals surface area contributed by atoms with Crippen molar-refractivity contribution < 1.29 is 0 Å². The fourth-order valence-corrected chi connectivity index (χ4v) is 3.29. The van der Waals surface area contributed by atoms with E-state index in [-0.39, 0.29) is 17.0 Å². The number of halogens is 2. The van der Waals surface area contributed by atoms with E-state index in [1.165, 1.54) is 17.1 Å². The zero-order chi connectivity index (χ0) is 18.3. The van der Waals surface area contributed by atoms with Crippen molar-refractivity contribution in [3.8, 4) is 5.69 Å². The van der Waals surface area contributed by atoms with Crippen LogP contribution in [0, 0.1) is 0 Å². The SMILES string of the molecule is CC(C)c1ncnc(C(C)C)c1-n1c(=O)nc(Cl)c2c(Cl)ccnc21. The van der Waals surface area contributed by atoms with Gasteiger partial charge in [0.25, 0.3) is 0 Å². The molecule has 0 aliphatic carbocycles. The van der Waals surface area contributed by atoms with Crippen molar-refractivity contribution in [2.24, 2.45) is 0 Å². The molecule has 0 aliphatic heterocycles. The van der Waals surface area contributed by atoms with Crippen LogP contribution in [0.1, 0.15) is 50.9 Å². The average Bonchev–Trinajstić information content (AvgIpc) is 2.54. The van der Waals surface area contributed by atoms with Crippen LogP contribution in [0.2, 0.25) is 10.2 Å². The standard InChI is InChI=1S/C17H17Cl2N5O/c1-8(2)12-14(13(9(3)4)22-7-21-12)24-16-11(10(18)5-6-20-16)15(19)23-17(24)25/h5-9H,1-4H3. The number of hydrogen-bond donors (Lipinski definition) is 0. The summed E-state index contributed by atoms with van der Waals surface area (Å²) in [6, 6.07) is 1.61. The van der Waals surface area contributed by atoms with Crippen molar-refractivity contribution >= 4 is 34.2 Å². The zero-order valence-corrected chi connectivity index (χ0v) is 15.8. The van der Waals surface area contributed by atoms with Gasteiger partial charge in [0.15, 0.2) is 5.65 Å². The number of pyridine rings is 1. The van der Waals surface area contributed by atoms with Gasteiger partial charge in [0, 0.05) is 6.20 Å².